The lowest BCUT2D eigenvalue weighted by Gasteiger charge is -2.40. The molecule has 1 saturated carbocycles. The van der Waals surface area contributed by atoms with Gasteiger partial charge in [0.25, 0.3) is 0 Å². The topological polar surface area (TPSA) is 24.1 Å². The normalized spacial score (nSPS) is 18.9. The molecule has 0 amide bonds. The summed E-state index contributed by atoms with van der Waals surface area (Å²) in [5.74, 6) is 0. The minimum absolute atomic E-state index is 0.418. The summed E-state index contributed by atoms with van der Waals surface area (Å²) in [5.41, 5.74) is 0. The Balaban J connectivity index is 2.22. The Morgan fingerprint density at radius 3 is 2.50 bits per heavy atom. The van der Waals surface area contributed by atoms with Crippen LogP contribution in [0.15, 0.2) is 0 Å². The molecule has 1 aliphatic rings. The maximum Gasteiger partial charge on any atom is 0.166 e. The first kappa shape index (κ1) is 12.1. The summed E-state index contributed by atoms with van der Waals surface area (Å²) in [7, 11) is 0. The van der Waals surface area contributed by atoms with Crippen molar-refractivity contribution in [3.8, 4) is 0 Å². The van der Waals surface area contributed by atoms with Crippen LogP contribution >= 0.6 is 24.0 Å². The molecule has 4 heteroatoms. The molecule has 0 atom stereocenters. The van der Waals surface area contributed by atoms with Crippen molar-refractivity contribution in [2.45, 2.75) is 43.9 Å². The zero-order valence-corrected chi connectivity index (χ0v) is 10.9. The van der Waals surface area contributed by atoms with Crippen LogP contribution in [-0.4, -0.2) is 28.7 Å². The van der Waals surface area contributed by atoms with Gasteiger partial charge < -0.3 is 10.6 Å². The molecule has 0 spiro atoms. The predicted octanol–water partition coefficient (Wildman–Crippen LogP) is 2.14. The first-order valence-electron chi connectivity index (χ1n) is 5.17. The lowest BCUT2D eigenvalue weighted by Crippen LogP contribution is -2.49. The summed E-state index contributed by atoms with van der Waals surface area (Å²) in [6, 6.07) is 0.418. The molecule has 0 unspecified atom stereocenters. The van der Waals surface area contributed by atoms with E-state index in [0.29, 0.717) is 10.8 Å². The molecule has 1 fully saturated rings. The number of nitrogens with one attached hydrogen (secondary N) is 2. The average Bonchev–Trinajstić information content (AvgIpc) is 2.01. The minimum Gasteiger partial charge on any atom is -0.361 e. The number of rotatable bonds is 4. The highest BCUT2D eigenvalue weighted by Gasteiger charge is 2.35. The first-order chi connectivity index (χ1) is 6.58. The van der Waals surface area contributed by atoms with Gasteiger partial charge in [0.15, 0.2) is 5.11 Å². The Bertz CT molecular complexity index is 195. The predicted molar refractivity (Wildman–Crippen MR) is 69.0 cm³/mol. The van der Waals surface area contributed by atoms with Gasteiger partial charge in [-0.2, -0.15) is 11.8 Å². The Morgan fingerprint density at radius 1 is 1.50 bits per heavy atom. The summed E-state index contributed by atoms with van der Waals surface area (Å²) in [5, 5.41) is 7.30. The van der Waals surface area contributed by atoms with Gasteiger partial charge in [-0.25, -0.2) is 0 Å². The van der Waals surface area contributed by atoms with Gasteiger partial charge in [0.1, 0.15) is 0 Å². The van der Waals surface area contributed by atoms with Gasteiger partial charge in [-0.3, -0.25) is 0 Å². The Labute approximate surface area is 96.6 Å². The van der Waals surface area contributed by atoms with Crippen molar-refractivity contribution in [2.75, 3.05) is 12.8 Å². The minimum atomic E-state index is 0.418. The Hall–Kier alpha value is 0.0400. The van der Waals surface area contributed by atoms with E-state index >= 15 is 0 Å². The van der Waals surface area contributed by atoms with Gasteiger partial charge in [-0.15, -0.1) is 0 Å². The van der Waals surface area contributed by atoms with Gasteiger partial charge in [-0.1, -0.05) is 6.42 Å². The summed E-state index contributed by atoms with van der Waals surface area (Å²) < 4.78 is 0.461. The van der Waals surface area contributed by atoms with Crippen molar-refractivity contribution in [1.29, 1.82) is 0 Å². The molecule has 0 radical (unpaired) electrons. The van der Waals surface area contributed by atoms with Crippen molar-refractivity contribution in [1.82, 2.24) is 10.6 Å². The van der Waals surface area contributed by atoms with E-state index in [1.165, 1.54) is 19.3 Å². The highest BCUT2D eigenvalue weighted by atomic mass is 32.2. The number of thiocarbonyl (C=S) groups is 1. The average molecular weight is 232 g/mol. The molecule has 0 aromatic carbocycles. The highest BCUT2D eigenvalue weighted by molar-refractivity contribution is 8.00. The molecule has 0 bridgehead atoms. The van der Waals surface area contributed by atoms with Crippen molar-refractivity contribution >= 4 is 29.1 Å². The van der Waals surface area contributed by atoms with E-state index in [0.717, 1.165) is 11.7 Å². The van der Waals surface area contributed by atoms with E-state index in [1.807, 2.05) is 11.8 Å². The molecule has 2 N–H and O–H groups in total. The molecule has 2 nitrogen and oxygen atoms in total. The van der Waals surface area contributed by atoms with Crippen molar-refractivity contribution in [2.24, 2.45) is 0 Å². The number of hydrogen-bond acceptors (Lipinski definition) is 2. The van der Waals surface area contributed by atoms with E-state index < -0.39 is 0 Å². The fraction of sp³-hybridized carbons (Fsp3) is 0.900. The monoisotopic (exact) mass is 232 g/mol. The molecule has 0 aromatic rings. The van der Waals surface area contributed by atoms with Gasteiger partial charge in [-0.05, 0) is 45.2 Å². The van der Waals surface area contributed by atoms with E-state index in [4.69, 9.17) is 12.2 Å². The fourth-order valence-electron chi connectivity index (χ4n) is 1.58. The zero-order chi connectivity index (χ0) is 10.6. The molecular formula is C10H20N2S2. The number of hydrogen-bond donors (Lipinski definition) is 2. The van der Waals surface area contributed by atoms with Crippen molar-refractivity contribution < 1.29 is 0 Å². The van der Waals surface area contributed by atoms with E-state index in [-0.39, 0.29) is 0 Å². The molecule has 1 aliphatic carbocycles. The van der Waals surface area contributed by atoms with Crippen LogP contribution in [0.1, 0.15) is 33.1 Å². The SMILES string of the molecule is CSC1(CNC(=S)NC(C)C)CCC1. The molecule has 1 rings (SSSR count). The highest BCUT2D eigenvalue weighted by Crippen LogP contribution is 2.42. The molecule has 82 valence electrons. The van der Waals surface area contributed by atoms with Crippen LogP contribution in [0, 0.1) is 0 Å². The lowest BCUT2D eigenvalue weighted by molar-refractivity contribution is 0.361. The molecule has 0 heterocycles. The molecule has 0 aliphatic heterocycles. The third kappa shape index (κ3) is 3.31. The third-order valence-corrected chi connectivity index (χ3v) is 4.37. The van der Waals surface area contributed by atoms with Crippen LogP contribution < -0.4 is 10.6 Å². The molecular weight excluding hydrogens is 212 g/mol. The maximum atomic E-state index is 5.19. The van der Waals surface area contributed by atoms with Crippen LogP contribution in [0.25, 0.3) is 0 Å². The van der Waals surface area contributed by atoms with Crippen LogP contribution in [0.2, 0.25) is 0 Å². The smallest absolute Gasteiger partial charge is 0.166 e. The number of thioether (sulfide) groups is 1. The van der Waals surface area contributed by atoms with Crippen LogP contribution in [0.3, 0.4) is 0 Å². The fourth-order valence-corrected chi connectivity index (χ4v) is 2.80. The van der Waals surface area contributed by atoms with E-state index in [9.17, 15) is 0 Å². The van der Waals surface area contributed by atoms with E-state index in [2.05, 4.69) is 30.7 Å². The second-order valence-corrected chi connectivity index (χ2v) is 5.90. The molecule has 0 aromatic heterocycles. The van der Waals surface area contributed by atoms with E-state index in [1.54, 1.807) is 0 Å². The zero-order valence-electron chi connectivity index (χ0n) is 9.22. The van der Waals surface area contributed by atoms with Gasteiger partial charge in [0.2, 0.25) is 0 Å². The summed E-state index contributed by atoms with van der Waals surface area (Å²) in [6.07, 6.45) is 6.21. The summed E-state index contributed by atoms with van der Waals surface area (Å²) in [6.45, 7) is 5.20. The van der Waals surface area contributed by atoms with Crippen LogP contribution in [0.5, 0.6) is 0 Å². The first-order valence-corrected chi connectivity index (χ1v) is 6.81. The maximum absolute atomic E-state index is 5.19. The Morgan fingerprint density at radius 2 is 2.14 bits per heavy atom. The largest absolute Gasteiger partial charge is 0.361 e. The van der Waals surface area contributed by atoms with Gasteiger partial charge in [0.05, 0.1) is 0 Å². The third-order valence-electron chi connectivity index (χ3n) is 2.69. The van der Waals surface area contributed by atoms with Crippen molar-refractivity contribution in [3.05, 3.63) is 0 Å². The van der Waals surface area contributed by atoms with Crippen molar-refractivity contribution in [3.63, 3.8) is 0 Å². The lowest BCUT2D eigenvalue weighted by atomic mass is 9.84. The Kier molecular flexibility index (Phi) is 4.51. The quantitative estimate of drug-likeness (QED) is 0.725. The van der Waals surface area contributed by atoms with Gasteiger partial charge in [0, 0.05) is 17.3 Å². The standard InChI is InChI=1S/C10H20N2S2/c1-8(2)12-9(13)11-7-10(14-3)5-4-6-10/h8H,4-7H2,1-3H3,(H2,11,12,13). The van der Waals surface area contributed by atoms with Crippen LogP contribution in [-0.2, 0) is 0 Å². The molecule has 14 heavy (non-hydrogen) atoms. The second-order valence-electron chi connectivity index (χ2n) is 4.22. The van der Waals surface area contributed by atoms with Crippen LogP contribution in [0.4, 0.5) is 0 Å². The van der Waals surface area contributed by atoms with Gasteiger partial charge >= 0.3 is 0 Å². The molecule has 0 saturated heterocycles. The second kappa shape index (κ2) is 5.21. The summed E-state index contributed by atoms with van der Waals surface area (Å²) in [4.78, 5) is 0. The summed E-state index contributed by atoms with van der Waals surface area (Å²) >= 11 is 7.16.